The second kappa shape index (κ2) is 9.54. The van der Waals surface area contributed by atoms with Crippen LogP contribution in [0.4, 0.5) is 0 Å². The first-order chi connectivity index (χ1) is 7.66. The molecule has 0 aromatic heterocycles. The zero-order valence-corrected chi connectivity index (χ0v) is 8.86. The van der Waals surface area contributed by atoms with Gasteiger partial charge in [-0.15, -0.1) is 0 Å². The van der Waals surface area contributed by atoms with Crippen molar-refractivity contribution in [1.29, 1.82) is 5.26 Å². The molecule has 0 saturated carbocycles. The van der Waals surface area contributed by atoms with Crippen LogP contribution in [0.3, 0.4) is 0 Å². The van der Waals surface area contributed by atoms with Crippen LogP contribution < -0.4 is 0 Å². The van der Waals surface area contributed by atoms with Crippen LogP contribution >= 0.6 is 0 Å². The van der Waals surface area contributed by atoms with E-state index in [0.29, 0.717) is 12.8 Å². The molecule has 16 heavy (non-hydrogen) atoms. The van der Waals surface area contributed by atoms with Crippen molar-refractivity contribution >= 4 is 11.9 Å². The number of carbonyl (C=O) groups excluding carboxylic acids is 1. The number of carboxylic acids is 1. The molecule has 0 aliphatic rings. The standard InChI is InChI=1S/C11H13NO4/c12-8-4-1-5-9-16-11(15)7-3-2-6-10(13)14/h2-4,6-7,9H2,(H,13,14). The van der Waals surface area contributed by atoms with Gasteiger partial charge in [-0.05, 0) is 12.8 Å². The van der Waals surface area contributed by atoms with E-state index in [2.05, 4.69) is 11.8 Å². The van der Waals surface area contributed by atoms with E-state index in [0.717, 1.165) is 0 Å². The fraction of sp³-hybridized carbons (Fsp3) is 0.545. The molecule has 0 radical (unpaired) electrons. The number of aliphatic carboxylic acids is 1. The van der Waals surface area contributed by atoms with E-state index in [1.54, 1.807) is 0 Å². The Morgan fingerprint density at radius 3 is 2.50 bits per heavy atom. The first kappa shape index (κ1) is 14.0. The average molecular weight is 223 g/mol. The van der Waals surface area contributed by atoms with Gasteiger partial charge < -0.3 is 9.84 Å². The lowest BCUT2D eigenvalue weighted by atomic mass is 10.2. The Hall–Kier alpha value is -2.01. The number of carbonyl (C=O) groups is 2. The van der Waals surface area contributed by atoms with Gasteiger partial charge in [-0.3, -0.25) is 9.59 Å². The van der Waals surface area contributed by atoms with E-state index in [1.165, 1.54) is 0 Å². The molecule has 1 N–H and O–H groups in total. The summed E-state index contributed by atoms with van der Waals surface area (Å²) in [5.41, 5.74) is 0. The molecule has 0 heterocycles. The predicted octanol–water partition coefficient (Wildman–Crippen LogP) is 1.09. The maximum Gasteiger partial charge on any atom is 0.306 e. The predicted molar refractivity (Wildman–Crippen MR) is 55.1 cm³/mol. The number of hydrogen-bond acceptors (Lipinski definition) is 4. The third kappa shape index (κ3) is 10.1. The number of nitrogens with zero attached hydrogens (tertiary/aromatic N) is 1. The molecule has 0 fully saturated rings. The van der Waals surface area contributed by atoms with Crippen molar-refractivity contribution in [3.8, 4) is 17.9 Å². The molecule has 0 aliphatic carbocycles. The van der Waals surface area contributed by atoms with Crippen molar-refractivity contribution in [1.82, 2.24) is 0 Å². The Labute approximate surface area is 94.0 Å². The maximum absolute atomic E-state index is 11.0. The van der Waals surface area contributed by atoms with Gasteiger partial charge in [0.2, 0.25) is 0 Å². The number of unbranched alkanes of at least 4 members (excludes halogenated alkanes) is 1. The molecular formula is C11H13NO4. The number of rotatable bonds is 6. The van der Waals surface area contributed by atoms with E-state index in [1.807, 2.05) is 6.07 Å². The van der Waals surface area contributed by atoms with Gasteiger partial charge in [0.15, 0.2) is 6.61 Å². The number of hydrogen-bond donors (Lipinski definition) is 1. The van der Waals surface area contributed by atoms with Crippen LogP contribution in [0.5, 0.6) is 0 Å². The molecule has 0 atom stereocenters. The van der Waals surface area contributed by atoms with Crippen molar-refractivity contribution in [2.75, 3.05) is 6.61 Å². The number of esters is 1. The highest BCUT2D eigenvalue weighted by Crippen LogP contribution is 2.01. The fourth-order valence-corrected chi connectivity index (χ4v) is 0.887. The highest BCUT2D eigenvalue weighted by Gasteiger charge is 2.02. The topological polar surface area (TPSA) is 87.4 Å². The highest BCUT2D eigenvalue weighted by molar-refractivity contribution is 5.70. The number of ether oxygens (including phenoxy) is 1. The summed E-state index contributed by atoms with van der Waals surface area (Å²) in [7, 11) is 0. The van der Waals surface area contributed by atoms with Crippen LogP contribution in [0.1, 0.15) is 32.1 Å². The van der Waals surface area contributed by atoms with Crippen LogP contribution in [0.15, 0.2) is 0 Å². The largest absolute Gasteiger partial charge is 0.481 e. The second-order valence-electron chi connectivity index (χ2n) is 2.95. The number of carboxylic acid groups (broad SMARTS) is 1. The third-order valence-corrected chi connectivity index (χ3v) is 1.62. The van der Waals surface area contributed by atoms with Crippen molar-refractivity contribution in [2.24, 2.45) is 0 Å². The van der Waals surface area contributed by atoms with Crippen LogP contribution in [0, 0.1) is 23.2 Å². The molecule has 0 unspecified atom stereocenters. The molecular weight excluding hydrogens is 210 g/mol. The van der Waals surface area contributed by atoms with Gasteiger partial charge >= 0.3 is 11.9 Å². The summed E-state index contributed by atoms with van der Waals surface area (Å²) in [5.74, 6) is 3.77. The minimum atomic E-state index is -0.865. The molecule has 0 rings (SSSR count). The molecule has 86 valence electrons. The molecule has 5 nitrogen and oxygen atoms in total. The SMILES string of the molecule is N#CCC#CCOC(=O)CCCCC(=O)O. The van der Waals surface area contributed by atoms with Gasteiger partial charge in [0, 0.05) is 12.8 Å². The van der Waals surface area contributed by atoms with Crippen LogP contribution in [-0.2, 0) is 14.3 Å². The van der Waals surface area contributed by atoms with Gasteiger partial charge in [0.25, 0.3) is 0 Å². The molecule has 0 saturated heterocycles. The lowest BCUT2D eigenvalue weighted by Gasteiger charge is -1.99. The fourth-order valence-electron chi connectivity index (χ4n) is 0.887. The third-order valence-electron chi connectivity index (χ3n) is 1.62. The van der Waals surface area contributed by atoms with Crippen LogP contribution in [0.25, 0.3) is 0 Å². The lowest BCUT2D eigenvalue weighted by molar-refractivity contribution is -0.143. The zero-order valence-electron chi connectivity index (χ0n) is 8.86. The van der Waals surface area contributed by atoms with Gasteiger partial charge in [-0.25, -0.2) is 0 Å². The van der Waals surface area contributed by atoms with Crippen molar-refractivity contribution in [3.63, 3.8) is 0 Å². The summed E-state index contributed by atoms with van der Waals surface area (Å²) < 4.78 is 4.73. The minimum absolute atomic E-state index is 0.0144. The normalized spacial score (nSPS) is 8.44. The van der Waals surface area contributed by atoms with E-state index in [4.69, 9.17) is 15.1 Å². The first-order valence-corrected chi connectivity index (χ1v) is 4.87. The molecule has 0 aromatic rings. The monoisotopic (exact) mass is 223 g/mol. The Morgan fingerprint density at radius 1 is 1.19 bits per heavy atom. The van der Waals surface area contributed by atoms with Crippen LogP contribution in [0.2, 0.25) is 0 Å². The Morgan fingerprint density at radius 2 is 1.88 bits per heavy atom. The quantitative estimate of drug-likeness (QED) is 0.413. The molecule has 0 aliphatic heterocycles. The first-order valence-electron chi connectivity index (χ1n) is 4.87. The lowest BCUT2D eigenvalue weighted by Crippen LogP contribution is -2.05. The van der Waals surface area contributed by atoms with Crippen molar-refractivity contribution in [3.05, 3.63) is 0 Å². The van der Waals surface area contributed by atoms with Gasteiger partial charge in [0.05, 0.1) is 12.5 Å². The summed E-state index contributed by atoms with van der Waals surface area (Å²) in [6.07, 6.45) is 1.35. The summed E-state index contributed by atoms with van der Waals surface area (Å²) >= 11 is 0. The van der Waals surface area contributed by atoms with E-state index < -0.39 is 11.9 Å². The van der Waals surface area contributed by atoms with Gasteiger partial charge in [-0.1, -0.05) is 11.8 Å². The van der Waals surface area contributed by atoms with Gasteiger partial charge in [-0.2, -0.15) is 5.26 Å². The van der Waals surface area contributed by atoms with Crippen molar-refractivity contribution in [2.45, 2.75) is 32.1 Å². The summed E-state index contributed by atoms with van der Waals surface area (Å²) in [6.45, 7) is -0.0144. The second-order valence-corrected chi connectivity index (χ2v) is 2.95. The van der Waals surface area contributed by atoms with E-state index >= 15 is 0 Å². The highest BCUT2D eigenvalue weighted by atomic mass is 16.5. The maximum atomic E-state index is 11.0. The molecule has 0 spiro atoms. The summed E-state index contributed by atoms with van der Waals surface area (Å²) in [5, 5.41) is 16.5. The van der Waals surface area contributed by atoms with Crippen LogP contribution in [-0.4, -0.2) is 23.7 Å². The van der Waals surface area contributed by atoms with Crippen molar-refractivity contribution < 1.29 is 19.4 Å². The summed E-state index contributed by atoms with van der Waals surface area (Å²) in [6, 6.07) is 1.84. The molecule has 0 bridgehead atoms. The Bertz CT molecular complexity index is 332. The number of nitriles is 1. The van der Waals surface area contributed by atoms with Gasteiger partial charge in [0.1, 0.15) is 0 Å². The Kier molecular flexibility index (Phi) is 8.34. The minimum Gasteiger partial charge on any atom is -0.481 e. The smallest absolute Gasteiger partial charge is 0.306 e. The molecule has 0 aromatic carbocycles. The van der Waals surface area contributed by atoms with E-state index in [9.17, 15) is 9.59 Å². The average Bonchev–Trinajstić information content (AvgIpc) is 2.24. The Balaban J connectivity index is 3.43. The molecule has 5 heteroatoms. The molecule has 0 amide bonds. The summed E-state index contributed by atoms with van der Waals surface area (Å²) in [4.78, 5) is 21.2. The zero-order chi connectivity index (χ0) is 12.2. The van der Waals surface area contributed by atoms with E-state index in [-0.39, 0.29) is 25.9 Å².